The SMILES string of the molecule is N[C@H](c1cc(OC(F)(F)F)cc(Br)c1O)C(F)(F)F. The van der Waals surface area contributed by atoms with E-state index >= 15 is 0 Å². The lowest BCUT2D eigenvalue weighted by Gasteiger charge is -2.19. The van der Waals surface area contributed by atoms with E-state index in [0.717, 1.165) is 0 Å². The first-order chi connectivity index (χ1) is 8.42. The highest BCUT2D eigenvalue weighted by Crippen LogP contribution is 2.41. The predicted octanol–water partition coefficient (Wildman–Crippen LogP) is 3.62. The van der Waals surface area contributed by atoms with E-state index in [2.05, 4.69) is 20.7 Å². The Morgan fingerprint density at radius 1 is 1.16 bits per heavy atom. The van der Waals surface area contributed by atoms with Gasteiger partial charge in [0.05, 0.1) is 4.47 Å². The van der Waals surface area contributed by atoms with E-state index in [-0.39, 0.29) is 0 Å². The summed E-state index contributed by atoms with van der Waals surface area (Å²) in [7, 11) is 0. The van der Waals surface area contributed by atoms with Gasteiger partial charge in [0.2, 0.25) is 0 Å². The second-order valence-corrected chi connectivity index (χ2v) is 4.26. The summed E-state index contributed by atoms with van der Waals surface area (Å²) < 4.78 is 76.2. The summed E-state index contributed by atoms with van der Waals surface area (Å²) in [6.07, 6.45) is -10.00. The molecule has 1 aromatic rings. The predicted molar refractivity (Wildman–Crippen MR) is 55.5 cm³/mol. The molecule has 0 spiro atoms. The number of nitrogens with two attached hydrogens (primary N) is 1. The first-order valence-corrected chi connectivity index (χ1v) is 5.31. The van der Waals surface area contributed by atoms with Crippen LogP contribution < -0.4 is 10.5 Å². The van der Waals surface area contributed by atoms with Gasteiger partial charge in [-0.15, -0.1) is 13.2 Å². The van der Waals surface area contributed by atoms with E-state index < -0.39 is 40.1 Å². The molecule has 0 aromatic heterocycles. The summed E-state index contributed by atoms with van der Waals surface area (Å²) in [5.41, 5.74) is 3.90. The number of phenols is 1. The Hall–Kier alpha value is -1.16. The summed E-state index contributed by atoms with van der Waals surface area (Å²) >= 11 is 2.62. The van der Waals surface area contributed by atoms with Gasteiger partial charge in [-0.1, -0.05) is 0 Å². The quantitative estimate of drug-likeness (QED) is 0.798. The minimum absolute atomic E-state index is 0.381. The van der Waals surface area contributed by atoms with E-state index in [1.54, 1.807) is 0 Å². The van der Waals surface area contributed by atoms with E-state index in [1.165, 1.54) is 0 Å². The van der Waals surface area contributed by atoms with E-state index in [0.29, 0.717) is 12.1 Å². The van der Waals surface area contributed by atoms with Gasteiger partial charge in [-0.05, 0) is 28.1 Å². The zero-order valence-corrected chi connectivity index (χ0v) is 10.4. The van der Waals surface area contributed by atoms with Crippen molar-refractivity contribution in [3.8, 4) is 11.5 Å². The minimum Gasteiger partial charge on any atom is -0.506 e. The van der Waals surface area contributed by atoms with Gasteiger partial charge in [0, 0.05) is 5.56 Å². The lowest BCUT2D eigenvalue weighted by molar-refractivity contribution is -0.274. The number of alkyl halides is 6. The fraction of sp³-hybridized carbons (Fsp3) is 0.333. The van der Waals surface area contributed by atoms with Crippen molar-refractivity contribution in [3.05, 3.63) is 22.2 Å². The average molecular weight is 354 g/mol. The number of phenolic OH excluding ortho intramolecular Hbond substituents is 1. The van der Waals surface area contributed by atoms with Crippen molar-refractivity contribution < 1.29 is 36.2 Å². The van der Waals surface area contributed by atoms with Crippen molar-refractivity contribution in [1.82, 2.24) is 0 Å². The molecular formula is C9H6BrF6NO2. The molecule has 1 rings (SSSR count). The third kappa shape index (κ3) is 4.16. The van der Waals surface area contributed by atoms with Crippen molar-refractivity contribution in [2.24, 2.45) is 5.73 Å². The van der Waals surface area contributed by atoms with E-state index in [1.807, 2.05) is 0 Å². The van der Waals surface area contributed by atoms with Crippen LogP contribution in [-0.4, -0.2) is 17.6 Å². The van der Waals surface area contributed by atoms with Crippen LogP contribution in [0.3, 0.4) is 0 Å². The average Bonchev–Trinajstić information content (AvgIpc) is 2.18. The normalized spacial score (nSPS) is 14.3. The molecule has 1 aromatic carbocycles. The van der Waals surface area contributed by atoms with Crippen LogP contribution in [0.4, 0.5) is 26.3 Å². The lowest BCUT2D eigenvalue weighted by atomic mass is 10.1. The molecule has 10 heteroatoms. The molecule has 0 fully saturated rings. The Kier molecular flexibility index (Phi) is 4.25. The smallest absolute Gasteiger partial charge is 0.506 e. The molecule has 0 bridgehead atoms. The second-order valence-electron chi connectivity index (χ2n) is 3.41. The molecule has 0 saturated heterocycles. The number of rotatable bonds is 2. The molecule has 0 heterocycles. The number of benzene rings is 1. The minimum atomic E-state index is -5.07. The standard InChI is InChI=1S/C9H6BrF6NO2/c10-5-2-3(19-9(14,15)16)1-4(6(5)18)7(17)8(11,12)13/h1-2,7,18H,17H2/t7-/m1/s1. The van der Waals surface area contributed by atoms with Gasteiger partial charge in [-0.2, -0.15) is 13.2 Å². The first-order valence-electron chi connectivity index (χ1n) is 4.52. The first kappa shape index (κ1) is 15.9. The molecule has 19 heavy (non-hydrogen) atoms. The second kappa shape index (κ2) is 5.08. The molecule has 0 aliphatic carbocycles. The fourth-order valence-electron chi connectivity index (χ4n) is 1.20. The van der Waals surface area contributed by atoms with Crippen molar-refractivity contribution >= 4 is 15.9 Å². The number of hydrogen-bond acceptors (Lipinski definition) is 3. The number of hydrogen-bond donors (Lipinski definition) is 2. The van der Waals surface area contributed by atoms with Gasteiger partial charge in [-0.25, -0.2) is 0 Å². The van der Waals surface area contributed by atoms with Gasteiger partial charge in [0.15, 0.2) is 0 Å². The highest BCUT2D eigenvalue weighted by atomic mass is 79.9. The van der Waals surface area contributed by atoms with Gasteiger partial charge in [0.1, 0.15) is 17.5 Å². The Morgan fingerprint density at radius 3 is 2.11 bits per heavy atom. The molecule has 1 atom stereocenters. The van der Waals surface area contributed by atoms with E-state index in [9.17, 15) is 31.4 Å². The molecule has 3 N–H and O–H groups in total. The van der Waals surface area contributed by atoms with Crippen molar-refractivity contribution in [3.63, 3.8) is 0 Å². The Balaban J connectivity index is 3.25. The summed E-state index contributed by atoms with van der Waals surface area (Å²) in [6.45, 7) is 0. The molecule has 0 aliphatic heterocycles. The van der Waals surface area contributed by atoms with Crippen LogP contribution in [0.25, 0.3) is 0 Å². The maximum atomic E-state index is 12.4. The van der Waals surface area contributed by atoms with Crippen LogP contribution in [0.5, 0.6) is 11.5 Å². The Bertz CT molecular complexity index is 473. The maximum absolute atomic E-state index is 12.4. The third-order valence-corrected chi connectivity index (χ3v) is 2.59. The van der Waals surface area contributed by atoms with Crippen LogP contribution in [0.1, 0.15) is 11.6 Å². The van der Waals surface area contributed by atoms with Crippen LogP contribution in [0.2, 0.25) is 0 Å². The summed E-state index contributed by atoms with van der Waals surface area (Å²) in [6, 6.07) is -1.58. The number of ether oxygens (including phenoxy) is 1. The van der Waals surface area contributed by atoms with Crippen LogP contribution in [0, 0.1) is 0 Å². The maximum Gasteiger partial charge on any atom is 0.573 e. The molecule has 0 radical (unpaired) electrons. The lowest BCUT2D eigenvalue weighted by Crippen LogP contribution is -2.28. The topological polar surface area (TPSA) is 55.5 Å². The molecule has 3 nitrogen and oxygen atoms in total. The Morgan fingerprint density at radius 2 is 1.68 bits per heavy atom. The van der Waals surface area contributed by atoms with Gasteiger partial charge in [-0.3, -0.25) is 0 Å². The molecule has 108 valence electrons. The summed E-state index contributed by atoms with van der Waals surface area (Å²) in [5.74, 6) is -1.83. The zero-order chi connectivity index (χ0) is 15.0. The van der Waals surface area contributed by atoms with Crippen LogP contribution >= 0.6 is 15.9 Å². The van der Waals surface area contributed by atoms with E-state index in [4.69, 9.17) is 5.73 Å². The van der Waals surface area contributed by atoms with Gasteiger partial charge in [0.25, 0.3) is 0 Å². The highest BCUT2D eigenvalue weighted by molar-refractivity contribution is 9.10. The fourth-order valence-corrected chi connectivity index (χ4v) is 1.65. The molecule has 0 aliphatic rings. The number of aromatic hydroxyl groups is 1. The van der Waals surface area contributed by atoms with Gasteiger partial charge < -0.3 is 15.6 Å². The van der Waals surface area contributed by atoms with Crippen molar-refractivity contribution in [2.45, 2.75) is 18.6 Å². The van der Waals surface area contributed by atoms with Crippen molar-refractivity contribution in [2.75, 3.05) is 0 Å². The molecule has 0 saturated carbocycles. The summed E-state index contributed by atoms with van der Waals surface area (Å²) in [4.78, 5) is 0. The van der Waals surface area contributed by atoms with Crippen molar-refractivity contribution in [1.29, 1.82) is 0 Å². The zero-order valence-electron chi connectivity index (χ0n) is 8.81. The van der Waals surface area contributed by atoms with Gasteiger partial charge >= 0.3 is 12.5 Å². The highest BCUT2D eigenvalue weighted by Gasteiger charge is 2.40. The summed E-state index contributed by atoms with van der Waals surface area (Å²) in [5, 5.41) is 9.39. The number of halogens is 7. The third-order valence-electron chi connectivity index (χ3n) is 1.99. The largest absolute Gasteiger partial charge is 0.573 e. The monoisotopic (exact) mass is 353 g/mol. The van der Waals surface area contributed by atoms with Crippen LogP contribution in [-0.2, 0) is 0 Å². The Labute approximate surface area is 111 Å². The molecule has 0 unspecified atom stereocenters. The van der Waals surface area contributed by atoms with Crippen LogP contribution in [0.15, 0.2) is 16.6 Å². The molecule has 0 amide bonds. The molecular weight excluding hydrogens is 348 g/mol.